The normalized spacial score (nSPS) is 12.5. The van der Waals surface area contributed by atoms with Gasteiger partial charge in [-0.2, -0.15) is 0 Å². The van der Waals surface area contributed by atoms with Crippen molar-refractivity contribution in [1.29, 1.82) is 0 Å². The number of carbonyl (C=O) groups is 2. The van der Waals surface area contributed by atoms with E-state index in [1.807, 2.05) is 68.4 Å². The van der Waals surface area contributed by atoms with Crippen molar-refractivity contribution in [2.45, 2.75) is 50.2 Å². The van der Waals surface area contributed by atoms with Gasteiger partial charge in [0.2, 0.25) is 11.8 Å². The van der Waals surface area contributed by atoms with Crippen LogP contribution in [0.3, 0.4) is 0 Å². The first-order valence-corrected chi connectivity index (χ1v) is 16.9. The highest BCUT2D eigenvalue weighted by Crippen LogP contribution is 2.28. The standard InChI is InChI=1S/C34H35BrN4O6S/c1-3-25(2)36-34(41)32(21-26-11-6-4-7-12-26)37(23-27-17-19-28(35)20-18-27)33(40)24-38(29-13-10-14-30(22-29)39(42)43)46(44,45)31-15-8-5-9-16-31/h4-20,22,25,32H,3,21,23-24H2,1-2H3,(H,36,41)/t25-,32+/m1/s1. The molecule has 0 heterocycles. The van der Waals surface area contributed by atoms with Crippen molar-refractivity contribution < 1.29 is 22.9 Å². The van der Waals surface area contributed by atoms with Gasteiger partial charge in [-0.15, -0.1) is 0 Å². The van der Waals surface area contributed by atoms with E-state index in [1.165, 1.54) is 35.2 Å². The second-order valence-electron chi connectivity index (χ2n) is 10.8. The van der Waals surface area contributed by atoms with Gasteiger partial charge in [-0.05, 0) is 54.8 Å². The summed E-state index contributed by atoms with van der Waals surface area (Å²) in [6.07, 6.45) is 0.841. The van der Waals surface area contributed by atoms with E-state index < -0.39 is 33.4 Å². The number of nitrogens with one attached hydrogen (secondary N) is 1. The number of benzene rings is 4. The molecule has 46 heavy (non-hydrogen) atoms. The molecule has 4 aromatic rings. The molecule has 240 valence electrons. The summed E-state index contributed by atoms with van der Waals surface area (Å²) < 4.78 is 29.8. The van der Waals surface area contributed by atoms with Crippen LogP contribution in [0, 0.1) is 10.1 Å². The van der Waals surface area contributed by atoms with Crippen molar-refractivity contribution in [2.24, 2.45) is 0 Å². The molecule has 0 unspecified atom stereocenters. The first-order chi connectivity index (χ1) is 22.0. The van der Waals surface area contributed by atoms with Gasteiger partial charge in [-0.1, -0.05) is 89.6 Å². The molecule has 1 N–H and O–H groups in total. The zero-order valence-electron chi connectivity index (χ0n) is 25.5. The number of hydrogen-bond donors (Lipinski definition) is 1. The summed E-state index contributed by atoms with van der Waals surface area (Å²) in [5, 5.41) is 14.6. The molecule has 10 nitrogen and oxygen atoms in total. The van der Waals surface area contributed by atoms with E-state index in [-0.39, 0.29) is 41.2 Å². The van der Waals surface area contributed by atoms with Crippen LogP contribution in [0.25, 0.3) is 0 Å². The maximum Gasteiger partial charge on any atom is 0.271 e. The van der Waals surface area contributed by atoms with Crippen LogP contribution in [0.2, 0.25) is 0 Å². The van der Waals surface area contributed by atoms with Crippen LogP contribution in [0.1, 0.15) is 31.4 Å². The van der Waals surface area contributed by atoms with Crippen molar-refractivity contribution >= 4 is 49.1 Å². The average molecular weight is 708 g/mol. The van der Waals surface area contributed by atoms with Crippen LogP contribution in [0.4, 0.5) is 11.4 Å². The molecular formula is C34H35BrN4O6S. The van der Waals surface area contributed by atoms with E-state index in [0.717, 1.165) is 26.0 Å². The highest BCUT2D eigenvalue weighted by atomic mass is 79.9. The summed E-state index contributed by atoms with van der Waals surface area (Å²) in [5.41, 5.74) is 1.14. The monoisotopic (exact) mass is 706 g/mol. The molecule has 0 aromatic heterocycles. The number of nitrogens with zero attached hydrogens (tertiary/aromatic N) is 3. The Kier molecular flexibility index (Phi) is 11.7. The minimum atomic E-state index is -4.37. The molecule has 0 fully saturated rings. The van der Waals surface area contributed by atoms with E-state index >= 15 is 0 Å². The van der Waals surface area contributed by atoms with Crippen LogP contribution in [-0.4, -0.2) is 48.7 Å². The Hall–Kier alpha value is -4.55. The lowest BCUT2D eigenvalue weighted by Crippen LogP contribution is -2.54. The van der Waals surface area contributed by atoms with E-state index in [4.69, 9.17) is 0 Å². The Labute approximate surface area is 277 Å². The maximum atomic E-state index is 14.5. The molecule has 4 aromatic carbocycles. The minimum Gasteiger partial charge on any atom is -0.352 e. The van der Waals surface area contributed by atoms with Gasteiger partial charge >= 0.3 is 0 Å². The second kappa shape index (κ2) is 15.6. The zero-order valence-corrected chi connectivity index (χ0v) is 27.9. The van der Waals surface area contributed by atoms with Crippen molar-refractivity contribution in [2.75, 3.05) is 10.8 Å². The number of nitro benzene ring substituents is 1. The van der Waals surface area contributed by atoms with Crippen LogP contribution in [0.5, 0.6) is 0 Å². The SMILES string of the molecule is CC[C@@H](C)NC(=O)[C@H](Cc1ccccc1)N(Cc1ccc(Br)cc1)C(=O)CN(c1cccc([N+](=O)[O-])c1)S(=O)(=O)c1ccccc1. The maximum absolute atomic E-state index is 14.5. The van der Waals surface area contributed by atoms with Gasteiger partial charge in [0.05, 0.1) is 15.5 Å². The lowest BCUT2D eigenvalue weighted by Gasteiger charge is -2.34. The fourth-order valence-corrected chi connectivity index (χ4v) is 6.48. The molecule has 2 atom stereocenters. The molecule has 2 amide bonds. The molecule has 0 aliphatic carbocycles. The van der Waals surface area contributed by atoms with Crippen LogP contribution in [-0.2, 0) is 32.6 Å². The van der Waals surface area contributed by atoms with Crippen molar-refractivity contribution in [1.82, 2.24) is 10.2 Å². The van der Waals surface area contributed by atoms with Gasteiger partial charge in [-0.3, -0.25) is 24.0 Å². The highest BCUT2D eigenvalue weighted by molar-refractivity contribution is 9.10. The first kappa shape index (κ1) is 34.3. The topological polar surface area (TPSA) is 130 Å². The third-order valence-corrected chi connectivity index (χ3v) is 9.79. The fraction of sp³-hybridized carbons (Fsp3) is 0.235. The summed E-state index contributed by atoms with van der Waals surface area (Å²) in [7, 11) is -4.37. The Bertz CT molecular complexity index is 1760. The van der Waals surface area contributed by atoms with E-state index in [1.54, 1.807) is 18.2 Å². The predicted molar refractivity (Wildman–Crippen MR) is 181 cm³/mol. The Balaban J connectivity index is 1.83. The van der Waals surface area contributed by atoms with Gasteiger partial charge < -0.3 is 10.2 Å². The first-order valence-electron chi connectivity index (χ1n) is 14.7. The van der Waals surface area contributed by atoms with Crippen LogP contribution >= 0.6 is 15.9 Å². The number of rotatable bonds is 14. The quantitative estimate of drug-likeness (QED) is 0.124. The molecular weight excluding hydrogens is 672 g/mol. The molecule has 0 aliphatic rings. The summed E-state index contributed by atoms with van der Waals surface area (Å²) in [5.74, 6) is -1.04. The van der Waals surface area contributed by atoms with E-state index in [0.29, 0.717) is 6.42 Å². The van der Waals surface area contributed by atoms with Crippen molar-refractivity contribution in [3.8, 4) is 0 Å². The third-order valence-electron chi connectivity index (χ3n) is 7.48. The largest absolute Gasteiger partial charge is 0.352 e. The third kappa shape index (κ3) is 8.79. The molecule has 0 radical (unpaired) electrons. The summed E-state index contributed by atoms with van der Waals surface area (Å²) in [6, 6.07) is 28.0. The number of carbonyl (C=O) groups excluding carboxylic acids is 2. The number of anilines is 1. The molecule has 0 aliphatic heterocycles. The number of non-ortho nitro benzene ring substituents is 1. The molecule has 0 saturated carbocycles. The lowest BCUT2D eigenvalue weighted by molar-refractivity contribution is -0.384. The number of hydrogen-bond acceptors (Lipinski definition) is 6. The average Bonchev–Trinajstić information content (AvgIpc) is 3.06. The second-order valence-corrected chi connectivity index (χ2v) is 13.6. The fourth-order valence-electron chi connectivity index (χ4n) is 4.79. The van der Waals surface area contributed by atoms with Gasteiger partial charge in [-0.25, -0.2) is 8.42 Å². The Morgan fingerprint density at radius 1 is 0.891 bits per heavy atom. The number of halogens is 1. The van der Waals surface area contributed by atoms with Gasteiger partial charge in [0.15, 0.2) is 0 Å². The molecule has 0 bridgehead atoms. The number of nitro groups is 1. The summed E-state index contributed by atoms with van der Waals surface area (Å²) >= 11 is 3.42. The zero-order chi connectivity index (χ0) is 33.3. The smallest absolute Gasteiger partial charge is 0.271 e. The Morgan fingerprint density at radius 2 is 1.52 bits per heavy atom. The van der Waals surface area contributed by atoms with Crippen LogP contribution in [0.15, 0.2) is 119 Å². The number of amides is 2. The van der Waals surface area contributed by atoms with E-state index in [2.05, 4.69) is 21.2 Å². The minimum absolute atomic E-state index is 0.00566. The summed E-state index contributed by atoms with van der Waals surface area (Å²) in [6.45, 7) is 3.10. The molecule has 0 saturated heterocycles. The number of sulfonamides is 1. The Morgan fingerprint density at radius 3 is 2.13 bits per heavy atom. The highest BCUT2D eigenvalue weighted by Gasteiger charge is 2.35. The van der Waals surface area contributed by atoms with Gasteiger partial charge in [0.25, 0.3) is 15.7 Å². The summed E-state index contributed by atoms with van der Waals surface area (Å²) in [4.78, 5) is 40.6. The van der Waals surface area contributed by atoms with Crippen molar-refractivity contribution in [3.05, 3.63) is 135 Å². The molecule has 12 heteroatoms. The van der Waals surface area contributed by atoms with Crippen LogP contribution < -0.4 is 9.62 Å². The molecule has 4 rings (SSSR count). The van der Waals surface area contributed by atoms with Gasteiger partial charge in [0.1, 0.15) is 12.6 Å². The van der Waals surface area contributed by atoms with E-state index in [9.17, 15) is 28.1 Å². The van der Waals surface area contributed by atoms with Gasteiger partial charge in [0, 0.05) is 35.6 Å². The lowest BCUT2D eigenvalue weighted by atomic mass is 10.0. The van der Waals surface area contributed by atoms with Crippen molar-refractivity contribution in [3.63, 3.8) is 0 Å². The molecule has 0 spiro atoms. The predicted octanol–water partition coefficient (Wildman–Crippen LogP) is 6.11.